The summed E-state index contributed by atoms with van der Waals surface area (Å²) in [6.07, 6.45) is 0.169. The minimum absolute atomic E-state index is 0.221. The van der Waals surface area contributed by atoms with E-state index in [0.29, 0.717) is 23.0 Å². The first-order chi connectivity index (χ1) is 10.1. The van der Waals surface area contributed by atoms with Gasteiger partial charge < -0.3 is 9.84 Å². The highest BCUT2D eigenvalue weighted by molar-refractivity contribution is 7.99. The summed E-state index contributed by atoms with van der Waals surface area (Å²) in [6, 6.07) is 5.53. The van der Waals surface area contributed by atoms with E-state index >= 15 is 0 Å². The van der Waals surface area contributed by atoms with Crippen molar-refractivity contribution in [3.8, 4) is 5.75 Å². The molecule has 0 bridgehead atoms. The summed E-state index contributed by atoms with van der Waals surface area (Å²) in [7, 11) is 1.57. The van der Waals surface area contributed by atoms with E-state index in [1.165, 1.54) is 11.8 Å². The Labute approximate surface area is 127 Å². The van der Waals surface area contributed by atoms with Gasteiger partial charge in [-0.05, 0) is 37.2 Å². The number of hydrogen-bond donors (Lipinski definition) is 2. The van der Waals surface area contributed by atoms with Gasteiger partial charge in [-0.15, -0.1) is 5.10 Å². The number of aliphatic hydroxyl groups excluding tert-OH is 1. The molecule has 0 fully saturated rings. The van der Waals surface area contributed by atoms with Crippen molar-refractivity contribution in [2.75, 3.05) is 7.11 Å². The number of ether oxygens (including phenoxy) is 1. The maximum Gasteiger partial charge on any atom is 0.343 e. The Morgan fingerprint density at radius 3 is 2.90 bits per heavy atom. The molecule has 2 N–H and O–H groups in total. The molecule has 2 rings (SSSR count). The normalized spacial score (nSPS) is 12.4. The van der Waals surface area contributed by atoms with Crippen molar-refractivity contribution in [1.29, 1.82) is 0 Å². The number of hydrogen-bond acceptors (Lipinski definition) is 5. The summed E-state index contributed by atoms with van der Waals surface area (Å²) in [4.78, 5) is 12.5. The molecule has 0 saturated heterocycles. The number of H-pyrrole nitrogens is 1. The number of rotatable bonds is 6. The highest BCUT2D eigenvalue weighted by Crippen LogP contribution is 2.37. The second kappa shape index (κ2) is 6.82. The fourth-order valence-corrected chi connectivity index (χ4v) is 3.20. The standard InChI is InChI=1S/C14H19N3O3S/c1-4-8-17-13(19)15-16-14(17)21-11-7-5-6-10(20-3)12(11)9(2)18/h5-7,9,18H,4,8H2,1-3H3,(H,15,19). The van der Waals surface area contributed by atoms with Gasteiger partial charge in [0, 0.05) is 17.0 Å². The molecule has 1 atom stereocenters. The zero-order valence-electron chi connectivity index (χ0n) is 12.3. The Kier molecular flexibility index (Phi) is 5.08. The molecule has 0 aliphatic carbocycles. The second-order valence-corrected chi connectivity index (χ2v) is 5.62. The smallest absolute Gasteiger partial charge is 0.343 e. The van der Waals surface area contributed by atoms with Crippen LogP contribution in [-0.2, 0) is 6.54 Å². The molecular weight excluding hydrogens is 290 g/mol. The highest BCUT2D eigenvalue weighted by Gasteiger charge is 2.17. The van der Waals surface area contributed by atoms with Crippen LogP contribution >= 0.6 is 11.8 Å². The average Bonchev–Trinajstić information content (AvgIpc) is 2.80. The highest BCUT2D eigenvalue weighted by atomic mass is 32.2. The van der Waals surface area contributed by atoms with Crippen molar-refractivity contribution >= 4 is 11.8 Å². The molecule has 1 unspecified atom stereocenters. The van der Waals surface area contributed by atoms with Crippen LogP contribution in [0.2, 0.25) is 0 Å². The molecule has 7 heteroatoms. The monoisotopic (exact) mass is 309 g/mol. The number of aliphatic hydroxyl groups is 1. The van der Waals surface area contributed by atoms with Crippen molar-refractivity contribution in [2.45, 2.75) is 43.0 Å². The number of aromatic nitrogens is 3. The molecule has 2 aromatic rings. The van der Waals surface area contributed by atoms with Crippen molar-refractivity contribution in [3.63, 3.8) is 0 Å². The van der Waals surface area contributed by atoms with Gasteiger partial charge in [0.15, 0.2) is 5.16 Å². The van der Waals surface area contributed by atoms with E-state index in [1.54, 1.807) is 24.7 Å². The summed E-state index contributed by atoms with van der Waals surface area (Å²) in [5.74, 6) is 0.620. The third kappa shape index (κ3) is 3.30. The van der Waals surface area contributed by atoms with Crippen LogP contribution in [0.1, 0.15) is 31.9 Å². The van der Waals surface area contributed by atoms with E-state index in [1.807, 2.05) is 19.1 Å². The van der Waals surface area contributed by atoms with Gasteiger partial charge in [0.1, 0.15) is 5.75 Å². The fourth-order valence-electron chi connectivity index (χ4n) is 2.10. The predicted octanol–water partition coefficient (Wildman–Crippen LogP) is 2.19. The Bertz CT molecular complexity index is 664. The van der Waals surface area contributed by atoms with Crippen molar-refractivity contribution < 1.29 is 9.84 Å². The van der Waals surface area contributed by atoms with Crippen LogP contribution in [0, 0.1) is 0 Å². The molecule has 21 heavy (non-hydrogen) atoms. The SMILES string of the molecule is CCCn1c(Sc2cccc(OC)c2C(C)O)n[nH]c1=O. The van der Waals surface area contributed by atoms with Crippen LogP contribution in [0.25, 0.3) is 0 Å². The third-order valence-corrected chi connectivity index (χ3v) is 4.11. The Balaban J connectivity index is 2.42. The molecular formula is C14H19N3O3S. The first-order valence-corrected chi connectivity index (χ1v) is 7.58. The van der Waals surface area contributed by atoms with Crippen molar-refractivity contribution in [1.82, 2.24) is 14.8 Å². The summed E-state index contributed by atoms with van der Waals surface area (Å²) < 4.78 is 6.89. The van der Waals surface area contributed by atoms with E-state index in [9.17, 15) is 9.90 Å². The second-order valence-electron chi connectivity index (χ2n) is 4.61. The lowest BCUT2D eigenvalue weighted by Gasteiger charge is -2.15. The lowest BCUT2D eigenvalue weighted by atomic mass is 10.1. The zero-order chi connectivity index (χ0) is 15.4. The Morgan fingerprint density at radius 2 is 2.29 bits per heavy atom. The van der Waals surface area contributed by atoms with Crippen LogP contribution in [0.3, 0.4) is 0 Å². The van der Waals surface area contributed by atoms with Gasteiger partial charge in [0.25, 0.3) is 0 Å². The number of methoxy groups -OCH3 is 1. The van der Waals surface area contributed by atoms with E-state index in [0.717, 1.165) is 11.3 Å². The predicted molar refractivity (Wildman–Crippen MR) is 80.9 cm³/mol. The summed E-state index contributed by atoms with van der Waals surface area (Å²) >= 11 is 1.34. The van der Waals surface area contributed by atoms with Gasteiger partial charge in [0.2, 0.25) is 0 Å². The number of aromatic amines is 1. The van der Waals surface area contributed by atoms with E-state index in [2.05, 4.69) is 10.2 Å². The molecule has 0 radical (unpaired) electrons. The minimum Gasteiger partial charge on any atom is -0.496 e. The summed E-state index contributed by atoms with van der Waals surface area (Å²) in [5.41, 5.74) is 0.476. The number of benzene rings is 1. The Morgan fingerprint density at radius 1 is 1.52 bits per heavy atom. The largest absolute Gasteiger partial charge is 0.496 e. The lowest BCUT2D eigenvalue weighted by Crippen LogP contribution is -2.17. The molecule has 1 heterocycles. The van der Waals surface area contributed by atoms with Gasteiger partial charge in [-0.3, -0.25) is 4.57 Å². The number of nitrogens with one attached hydrogen (secondary N) is 1. The van der Waals surface area contributed by atoms with Crippen LogP contribution in [-0.4, -0.2) is 27.0 Å². The van der Waals surface area contributed by atoms with E-state index < -0.39 is 6.10 Å². The lowest BCUT2D eigenvalue weighted by molar-refractivity contribution is 0.191. The van der Waals surface area contributed by atoms with Crippen molar-refractivity contribution in [2.24, 2.45) is 0 Å². The minimum atomic E-state index is -0.672. The summed E-state index contributed by atoms with van der Waals surface area (Å²) in [5, 5.41) is 17.1. The maximum atomic E-state index is 11.7. The van der Waals surface area contributed by atoms with Crippen LogP contribution < -0.4 is 10.4 Å². The molecule has 0 amide bonds. The zero-order valence-corrected chi connectivity index (χ0v) is 13.1. The molecule has 114 valence electrons. The first kappa shape index (κ1) is 15.7. The van der Waals surface area contributed by atoms with Crippen LogP contribution in [0.4, 0.5) is 0 Å². The van der Waals surface area contributed by atoms with E-state index in [-0.39, 0.29) is 5.69 Å². The third-order valence-electron chi connectivity index (χ3n) is 3.04. The van der Waals surface area contributed by atoms with Gasteiger partial charge in [-0.1, -0.05) is 13.0 Å². The average molecular weight is 309 g/mol. The van der Waals surface area contributed by atoms with Gasteiger partial charge in [-0.2, -0.15) is 0 Å². The van der Waals surface area contributed by atoms with Gasteiger partial charge >= 0.3 is 5.69 Å². The van der Waals surface area contributed by atoms with Gasteiger partial charge in [0.05, 0.1) is 13.2 Å². The van der Waals surface area contributed by atoms with Gasteiger partial charge in [-0.25, -0.2) is 9.89 Å². The molecule has 1 aromatic carbocycles. The van der Waals surface area contributed by atoms with Crippen molar-refractivity contribution in [3.05, 3.63) is 34.2 Å². The Hall–Kier alpha value is -1.73. The number of nitrogens with zero attached hydrogens (tertiary/aromatic N) is 2. The quantitative estimate of drug-likeness (QED) is 0.855. The molecule has 0 spiro atoms. The summed E-state index contributed by atoms with van der Waals surface area (Å²) in [6.45, 7) is 4.29. The van der Waals surface area contributed by atoms with Crippen LogP contribution in [0.5, 0.6) is 5.75 Å². The van der Waals surface area contributed by atoms with E-state index in [4.69, 9.17) is 4.74 Å². The topological polar surface area (TPSA) is 80.1 Å². The van der Waals surface area contributed by atoms with Crippen LogP contribution in [0.15, 0.2) is 33.0 Å². The molecule has 1 aromatic heterocycles. The molecule has 6 nitrogen and oxygen atoms in total. The molecule has 0 aliphatic rings. The molecule has 0 saturated carbocycles. The fraction of sp³-hybridized carbons (Fsp3) is 0.429. The molecule has 0 aliphatic heterocycles. The first-order valence-electron chi connectivity index (χ1n) is 6.76. The maximum absolute atomic E-state index is 11.7.